The summed E-state index contributed by atoms with van der Waals surface area (Å²) in [5.41, 5.74) is 12.8. The number of nitrogens with two attached hydrogens (primary N) is 2. The highest BCUT2D eigenvalue weighted by molar-refractivity contribution is 5.38. The van der Waals surface area contributed by atoms with E-state index < -0.39 is 5.54 Å². The summed E-state index contributed by atoms with van der Waals surface area (Å²) < 4.78 is 1.90. The van der Waals surface area contributed by atoms with Crippen molar-refractivity contribution in [2.75, 3.05) is 6.54 Å². The second-order valence-electron chi connectivity index (χ2n) is 3.57. The zero-order valence-corrected chi connectivity index (χ0v) is 8.01. The molecule has 0 aliphatic rings. The van der Waals surface area contributed by atoms with Gasteiger partial charge in [0.1, 0.15) is 0 Å². The molecule has 2 aromatic heterocycles. The molecule has 0 saturated carbocycles. The second kappa shape index (κ2) is 3.04. The van der Waals surface area contributed by atoms with Crippen LogP contribution in [0.25, 0.3) is 5.65 Å². The van der Waals surface area contributed by atoms with Gasteiger partial charge in [0, 0.05) is 18.9 Å². The van der Waals surface area contributed by atoms with Crippen molar-refractivity contribution >= 4 is 5.65 Å². The van der Waals surface area contributed by atoms with Crippen molar-refractivity contribution in [3.63, 3.8) is 0 Å². The molecule has 74 valence electrons. The Bertz CT molecular complexity index is 445. The smallest absolute Gasteiger partial charge is 0.155 e. The van der Waals surface area contributed by atoms with Crippen LogP contribution >= 0.6 is 0 Å². The fraction of sp³-hybridized carbons (Fsp3) is 0.333. The van der Waals surface area contributed by atoms with E-state index in [1.54, 1.807) is 18.6 Å². The predicted molar refractivity (Wildman–Crippen MR) is 53.6 cm³/mol. The van der Waals surface area contributed by atoms with Crippen LogP contribution in [-0.4, -0.2) is 20.9 Å². The standard InChI is InChI=1S/C9H13N5/c1-9(11,6-10)7-4-13-8-5-12-2-3-14(7)8/h2-5H,6,10-11H2,1H3. The molecule has 0 aliphatic heterocycles. The molecule has 2 rings (SSSR count). The number of hydrogen-bond donors (Lipinski definition) is 2. The molecule has 0 amide bonds. The lowest BCUT2D eigenvalue weighted by Gasteiger charge is -2.21. The van der Waals surface area contributed by atoms with Gasteiger partial charge >= 0.3 is 0 Å². The average molecular weight is 191 g/mol. The lowest BCUT2D eigenvalue weighted by molar-refractivity contribution is 0.488. The lowest BCUT2D eigenvalue weighted by atomic mass is 10.0. The predicted octanol–water partition coefficient (Wildman–Crippen LogP) is -0.138. The van der Waals surface area contributed by atoms with E-state index in [-0.39, 0.29) is 0 Å². The maximum Gasteiger partial charge on any atom is 0.155 e. The van der Waals surface area contributed by atoms with E-state index in [1.165, 1.54) is 0 Å². The van der Waals surface area contributed by atoms with Gasteiger partial charge in [-0.15, -0.1) is 0 Å². The molecule has 0 saturated heterocycles. The van der Waals surface area contributed by atoms with Gasteiger partial charge in [-0.3, -0.25) is 9.38 Å². The molecule has 0 fully saturated rings. The Balaban J connectivity index is 2.64. The molecular weight excluding hydrogens is 178 g/mol. The SMILES string of the molecule is CC(N)(CN)c1cnc2cnccn12. The highest BCUT2D eigenvalue weighted by atomic mass is 15.1. The van der Waals surface area contributed by atoms with Gasteiger partial charge in [0.15, 0.2) is 5.65 Å². The molecule has 0 aromatic carbocycles. The molecule has 14 heavy (non-hydrogen) atoms. The number of aromatic nitrogens is 3. The first-order chi connectivity index (χ1) is 6.65. The molecule has 5 heteroatoms. The van der Waals surface area contributed by atoms with E-state index in [0.29, 0.717) is 6.54 Å². The summed E-state index contributed by atoms with van der Waals surface area (Å²) in [4.78, 5) is 8.18. The summed E-state index contributed by atoms with van der Waals surface area (Å²) in [5.74, 6) is 0. The van der Waals surface area contributed by atoms with Crippen molar-refractivity contribution in [3.8, 4) is 0 Å². The Kier molecular flexibility index (Phi) is 1.98. The number of hydrogen-bond acceptors (Lipinski definition) is 4. The van der Waals surface area contributed by atoms with E-state index >= 15 is 0 Å². The van der Waals surface area contributed by atoms with Crippen molar-refractivity contribution in [2.24, 2.45) is 11.5 Å². The Hall–Kier alpha value is -1.46. The lowest BCUT2D eigenvalue weighted by Crippen LogP contribution is -2.41. The van der Waals surface area contributed by atoms with Crippen molar-refractivity contribution in [3.05, 3.63) is 30.5 Å². The fourth-order valence-electron chi connectivity index (χ4n) is 1.37. The van der Waals surface area contributed by atoms with Gasteiger partial charge in [0.2, 0.25) is 0 Å². The van der Waals surface area contributed by atoms with Gasteiger partial charge in [0.25, 0.3) is 0 Å². The van der Waals surface area contributed by atoms with Crippen LogP contribution in [0.5, 0.6) is 0 Å². The highest BCUT2D eigenvalue weighted by Crippen LogP contribution is 2.16. The summed E-state index contributed by atoms with van der Waals surface area (Å²) >= 11 is 0. The molecule has 1 unspecified atom stereocenters. The van der Waals surface area contributed by atoms with Crippen LogP contribution < -0.4 is 11.5 Å². The molecule has 0 radical (unpaired) electrons. The summed E-state index contributed by atoms with van der Waals surface area (Å²) in [6.45, 7) is 2.26. The molecule has 0 spiro atoms. The van der Waals surface area contributed by atoms with Gasteiger partial charge in [-0.1, -0.05) is 0 Å². The third-order valence-corrected chi connectivity index (χ3v) is 2.33. The highest BCUT2D eigenvalue weighted by Gasteiger charge is 2.22. The van der Waals surface area contributed by atoms with Crippen LogP contribution in [0, 0.1) is 0 Å². The maximum atomic E-state index is 6.04. The van der Waals surface area contributed by atoms with Gasteiger partial charge in [-0.25, -0.2) is 4.98 Å². The van der Waals surface area contributed by atoms with Crippen LogP contribution in [0.3, 0.4) is 0 Å². The summed E-state index contributed by atoms with van der Waals surface area (Å²) in [7, 11) is 0. The van der Waals surface area contributed by atoms with Crippen molar-refractivity contribution in [1.29, 1.82) is 0 Å². The minimum Gasteiger partial charge on any atom is -0.328 e. The molecule has 2 aromatic rings. The van der Waals surface area contributed by atoms with Crippen LogP contribution in [0.15, 0.2) is 24.8 Å². The first-order valence-electron chi connectivity index (χ1n) is 4.41. The van der Waals surface area contributed by atoms with Gasteiger partial charge in [0.05, 0.1) is 23.6 Å². The third-order valence-electron chi connectivity index (χ3n) is 2.33. The largest absolute Gasteiger partial charge is 0.328 e. The first kappa shape index (κ1) is 9.11. The zero-order valence-electron chi connectivity index (χ0n) is 8.01. The monoisotopic (exact) mass is 191 g/mol. The number of fused-ring (bicyclic) bond motifs is 1. The van der Waals surface area contributed by atoms with E-state index in [1.807, 2.05) is 17.5 Å². The minimum absolute atomic E-state index is 0.378. The maximum absolute atomic E-state index is 6.04. The Morgan fingerprint density at radius 2 is 2.29 bits per heavy atom. The molecule has 1 atom stereocenters. The number of imidazole rings is 1. The average Bonchev–Trinajstić information content (AvgIpc) is 2.61. The molecular formula is C9H13N5. The minimum atomic E-state index is -0.555. The summed E-state index contributed by atoms with van der Waals surface area (Å²) in [6.07, 6.45) is 6.96. The normalized spacial score (nSPS) is 15.6. The molecule has 5 nitrogen and oxygen atoms in total. The molecule has 0 bridgehead atoms. The Morgan fingerprint density at radius 1 is 1.50 bits per heavy atom. The van der Waals surface area contributed by atoms with Crippen molar-refractivity contribution < 1.29 is 0 Å². The van der Waals surface area contributed by atoms with E-state index in [0.717, 1.165) is 11.3 Å². The second-order valence-corrected chi connectivity index (χ2v) is 3.57. The van der Waals surface area contributed by atoms with Crippen LogP contribution in [0.1, 0.15) is 12.6 Å². The molecule has 4 N–H and O–H groups in total. The summed E-state index contributed by atoms with van der Waals surface area (Å²) in [5, 5.41) is 0. The molecule has 2 heterocycles. The van der Waals surface area contributed by atoms with E-state index in [9.17, 15) is 0 Å². The van der Waals surface area contributed by atoms with Crippen LogP contribution in [0.2, 0.25) is 0 Å². The van der Waals surface area contributed by atoms with Gasteiger partial charge in [-0.2, -0.15) is 0 Å². The quantitative estimate of drug-likeness (QED) is 0.692. The summed E-state index contributed by atoms with van der Waals surface area (Å²) in [6, 6.07) is 0. The fourth-order valence-corrected chi connectivity index (χ4v) is 1.37. The Labute approximate surface area is 81.8 Å². The topological polar surface area (TPSA) is 82.2 Å². The van der Waals surface area contributed by atoms with Gasteiger partial charge < -0.3 is 11.5 Å². The van der Waals surface area contributed by atoms with E-state index in [2.05, 4.69) is 9.97 Å². The third kappa shape index (κ3) is 1.26. The van der Waals surface area contributed by atoms with Gasteiger partial charge in [-0.05, 0) is 6.92 Å². The molecule has 0 aliphatic carbocycles. The van der Waals surface area contributed by atoms with Crippen molar-refractivity contribution in [2.45, 2.75) is 12.5 Å². The Morgan fingerprint density at radius 3 is 3.00 bits per heavy atom. The zero-order chi connectivity index (χ0) is 10.2. The van der Waals surface area contributed by atoms with Crippen molar-refractivity contribution in [1.82, 2.24) is 14.4 Å². The number of rotatable bonds is 2. The first-order valence-corrected chi connectivity index (χ1v) is 4.41. The van der Waals surface area contributed by atoms with E-state index in [4.69, 9.17) is 11.5 Å². The van der Waals surface area contributed by atoms with Crippen LogP contribution in [0.4, 0.5) is 0 Å². The number of nitrogens with zero attached hydrogens (tertiary/aromatic N) is 3. The van der Waals surface area contributed by atoms with Crippen LogP contribution in [-0.2, 0) is 5.54 Å².